The number of hydrogen-bond acceptors (Lipinski definition) is 6. The SMILES string of the molecule is CCCc1c(O)cc2c(c1O)C[C@@](O)(CCC)[C@H](c1cc(O)c(O)c3ccccc13)O2. The van der Waals surface area contributed by atoms with Crippen molar-refractivity contribution in [1.82, 2.24) is 0 Å². The predicted octanol–water partition coefficient (Wildman–Crippen LogP) is 4.82. The van der Waals surface area contributed by atoms with Gasteiger partial charge in [-0.3, -0.25) is 0 Å². The lowest BCUT2D eigenvalue weighted by Crippen LogP contribution is -2.44. The number of hydrogen-bond donors (Lipinski definition) is 5. The molecule has 3 aromatic rings. The van der Waals surface area contributed by atoms with Crippen LogP contribution in [0, 0.1) is 0 Å². The van der Waals surface area contributed by atoms with Gasteiger partial charge in [0, 0.05) is 34.6 Å². The number of aliphatic hydroxyl groups is 1. The third-order valence-electron chi connectivity index (χ3n) is 6.16. The first-order chi connectivity index (χ1) is 14.8. The van der Waals surface area contributed by atoms with Crippen molar-refractivity contribution in [2.45, 2.75) is 57.7 Å². The molecule has 0 aromatic heterocycles. The van der Waals surface area contributed by atoms with Crippen molar-refractivity contribution < 1.29 is 30.3 Å². The number of aromatic hydroxyl groups is 4. The van der Waals surface area contributed by atoms with Gasteiger partial charge in [-0.1, -0.05) is 51.0 Å². The molecule has 0 saturated carbocycles. The van der Waals surface area contributed by atoms with Gasteiger partial charge >= 0.3 is 0 Å². The molecular formula is C25H28O6. The Morgan fingerprint density at radius 1 is 0.935 bits per heavy atom. The van der Waals surface area contributed by atoms with E-state index in [0.717, 1.165) is 6.42 Å². The number of phenols is 4. The summed E-state index contributed by atoms with van der Waals surface area (Å²) in [5.41, 5.74) is 0.103. The van der Waals surface area contributed by atoms with E-state index in [1.807, 2.05) is 19.9 Å². The standard InChI is InChI=1S/C25H28O6/c1-3-7-16-19(26)12-21-18(22(16)28)13-25(30,10-4-2)24(31-21)17-11-20(27)23(29)15-9-6-5-8-14(15)17/h5-6,8-9,11-12,24,26-30H,3-4,7,10,13H2,1-2H3/t24-,25-/m0/s1. The first kappa shape index (κ1) is 21.1. The van der Waals surface area contributed by atoms with Crippen LogP contribution >= 0.6 is 0 Å². The average molecular weight is 424 g/mol. The largest absolute Gasteiger partial charge is 0.507 e. The van der Waals surface area contributed by atoms with Crippen molar-refractivity contribution in [3.63, 3.8) is 0 Å². The molecule has 164 valence electrons. The summed E-state index contributed by atoms with van der Waals surface area (Å²) in [6, 6.07) is 9.96. The molecule has 1 heterocycles. The van der Waals surface area contributed by atoms with Crippen LogP contribution in [0.2, 0.25) is 0 Å². The van der Waals surface area contributed by atoms with Crippen LogP contribution in [0.15, 0.2) is 36.4 Å². The number of ether oxygens (including phenoxy) is 1. The van der Waals surface area contributed by atoms with Crippen molar-refractivity contribution in [3.8, 4) is 28.7 Å². The minimum Gasteiger partial charge on any atom is -0.507 e. The van der Waals surface area contributed by atoms with Crippen LogP contribution in [-0.4, -0.2) is 31.1 Å². The maximum atomic E-state index is 11.7. The summed E-state index contributed by atoms with van der Waals surface area (Å²) in [4.78, 5) is 0. The summed E-state index contributed by atoms with van der Waals surface area (Å²) in [6.45, 7) is 3.91. The van der Waals surface area contributed by atoms with Crippen LogP contribution in [0.1, 0.15) is 55.9 Å². The fraction of sp³-hybridized carbons (Fsp3) is 0.360. The molecule has 0 radical (unpaired) electrons. The summed E-state index contributed by atoms with van der Waals surface area (Å²) >= 11 is 0. The van der Waals surface area contributed by atoms with Gasteiger partial charge in [-0.15, -0.1) is 0 Å². The highest BCUT2D eigenvalue weighted by Gasteiger charge is 2.45. The van der Waals surface area contributed by atoms with E-state index in [2.05, 4.69) is 0 Å². The Balaban J connectivity index is 1.92. The predicted molar refractivity (Wildman–Crippen MR) is 118 cm³/mol. The van der Waals surface area contributed by atoms with Crippen LogP contribution in [0.5, 0.6) is 28.7 Å². The van der Waals surface area contributed by atoms with E-state index in [9.17, 15) is 25.5 Å². The van der Waals surface area contributed by atoms with Gasteiger partial charge in [-0.05, 0) is 24.3 Å². The third kappa shape index (κ3) is 3.41. The van der Waals surface area contributed by atoms with Crippen molar-refractivity contribution in [2.75, 3.05) is 0 Å². The lowest BCUT2D eigenvalue weighted by molar-refractivity contribution is -0.0822. The molecule has 0 saturated heterocycles. The number of phenolic OH excluding ortho intramolecular Hbond substituents is 4. The van der Waals surface area contributed by atoms with Gasteiger partial charge in [-0.25, -0.2) is 0 Å². The molecule has 1 aliphatic heterocycles. The van der Waals surface area contributed by atoms with Crippen LogP contribution in [-0.2, 0) is 12.8 Å². The molecule has 0 amide bonds. The zero-order valence-corrected chi connectivity index (χ0v) is 17.7. The van der Waals surface area contributed by atoms with Gasteiger partial charge in [0.2, 0.25) is 0 Å². The van der Waals surface area contributed by atoms with Crippen molar-refractivity contribution in [2.24, 2.45) is 0 Å². The number of fused-ring (bicyclic) bond motifs is 2. The fourth-order valence-electron chi connectivity index (χ4n) is 4.72. The maximum Gasteiger partial charge on any atom is 0.165 e. The summed E-state index contributed by atoms with van der Waals surface area (Å²) in [5, 5.41) is 54.8. The summed E-state index contributed by atoms with van der Waals surface area (Å²) in [5.74, 6) is -0.309. The molecule has 6 heteroatoms. The van der Waals surface area contributed by atoms with Gasteiger partial charge in [0.1, 0.15) is 22.8 Å². The van der Waals surface area contributed by atoms with E-state index in [1.165, 1.54) is 12.1 Å². The maximum absolute atomic E-state index is 11.7. The number of rotatable bonds is 5. The minimum absolute atomic E-state index is 0.0387. The topological polar surface area (TPSA) is 110 Å². The molecule has 0 aliphatic carbocycles. The fourth-order valence-corrected chi connectivity index (χ4v) is 4.72. The molecule has 2 atom stereocenters. The molecule has 5 N–H and O–H groups in total. The molecule has 0 fully saturated rings. The lowest BCUT2D eigenvalue weighted by atomic mass is 9.77. The minimum atomic E-state index is -1.36. The Kier molecular flexibility index (Phi) is 5.35. The van der Waals surface area contributed by atoms with E-state index < -0.39 is 11.7 Å². The average Bonchev–Trinajstić information content (AvgIpc) is 2.74. The highest BCUT2D eigenvalue weighted by atomic mass is 16.5. The molecule has 1 aliphatic rings. The summed E-state index contributed by atoms with van der Waals surface area (Å²) in [7, 11) is 0. The molecule has 31 heavy (non-hydrogen) atoms. The van der Waals surface area contributed by atoms with E-state index in [0.29, 0.717) is 52.5 Å². The van der Waals surface area contributed by atoms with Gasteiger partial charge in [0.15, 0.2) is 17.6 Å². The van der Waals surface area contributed by atoms with Gasteiger partial charge in [0.05, 0.1) is 0 Å². The van der Waals surface area contributed by atoms with E-state index in [-0.39, 0.29) is 29.4 Å². The third-order valence-corrected chi connectivity index (χ3v) is 6.16. The highest BCUT2D eigenvalue weighted by Crippen LogP contribution is 2.51. The van der Waals surface area contributed by atoms with E-state index in [4.69, 9.17) is 4.74 Å². The number of benzene rings is 3. The molecule has 6 nitrogen and oxygen atoms in total. The first-order valence-electron chi connectivity index (χ1n) is 10.7. The Labute approximate surface area is 181 Å². The Hall–Kier alpha value is -3.12. The van der Waals surface area contributed by atoms with Gasteiger partial charge in [0.25, 0.3) is 0 Å². The molecule has 0 unspecified atom stereocenters. The Morgan fingerprint density at radius 2 is 1.65 bits per heavy atom. The normalized spacial score (nSPS) is 20.4. The highest BCUT2D eigenvalue weighted by molar-refractivity contribution is 5.93. The second-order valence-corrected chi connectivity index (χ2v) is 8.36. The zero-order chi connectivity index (χ0) is 22.3. The lowest BCUT2D eigenvalue weighted by Gasteiger charge is -2.42. The zero-order valence-electron chi connectivity index (χ0n) is 17.7. The van der Waals surface area contributed by atoms with Crippen LogP contribution in [0.25, 0.3) is 10.8 Å². The molecule has 0 spiro atoms. The van der Waals surface area contributed by atoms with Crippen LogP contribution < -0.4 is 4.74 Å². The quantitative estimate of drug-likeness (QED) is 0.376. The molecule has 3 aromatic carbocycles. The van der Waals surface area contributed by atoms with Crippen molar-refractivity contribution in [1.29, 1.82) is 0 Å². The van der Waals surface area contributed by atoms with Gasteiger partial charge < -0.3 is 30.3 Å². The smallest absolute Gasteiger partial charge is 0.165 e. The second-order valence-electron chi connectivity index (χ2n) is 8.36. The second kappa shape index (κ2) is 7.85. The summed E-state index contributed by atoms with van der Waals surface area (Å²) < 4.78 is 6.22. The van der Waals surface area contributed by atoms with E-state index in [1.54, 1.807) is 18.2 Å². The Morgan fingerprint density at radius 3 is 2.32 bits per heavy atom. The summed E-state index contributed by atoms with van der Waals surface area (Å²) in [6.07, 6.45) is 1.61. The molecule has 0 bridgehead atoms. The Bertz CT molecular complexity index is 1140. The van der Waals surface area contributed by atoms with Crippen molar-refractivity contribution in [3.05, 3.63) is 53.1 Å². The monoisotopic (exact) mass is 424 g/mol. The van der Waals surface area contributed by atoms with Crippen LogP contribution in [0.4, 0.5) is 0 Å². The van der Waals surface area contributed by atoms with Crippen molar-refractivity contribution >= 4 is 10.8 Å². The molecule has 4 rings (SSSR count). The van der Waals surface area contributed by atoms with Gasteiger partial charge in [-0.2, -0.15) is 0 Å². The van der Waals surface area contributed by atoms with Crippen LogP contribution in [0.3, 0.4) is 0 Å². The molecular weight excluding hydrogens is 396 g/mol. The van der Waals surface area contributed by atoms with E-state index >= 15 is 0 Å². The first-order valence-corrected chi connectivity index (χ1v) is 10.7.